The van der Waals surface area contributed by atoms with Crippen molar-refractivity contribution < 1.29 is 14.6 Å². The number of alkyl carbamates (subject to hydrolysis) is 1. The molecule has 2 N–H and O–H groups in total. The zero-order valence-electron chi connectivity index (χ0n) is 12.1. The van der Waals surface area contributed by atoms with E-state index >= 15 is 0 Å². The van der Waals surface area contributed by atoms with Gasteiger partial charge >= 0.3 is 6.09 Å². The summed E-state index contributed by atoms with van der Waals surface area (Å²) >= 11 is 0. The number of ether oxygens (including phenoxy) is 1. The Balaban J connectivity index is 1.74. The van der Waals surface area contributed by atoms with E-state index in [1.54, 1.807) is 6.07 Å². The number of rotatable bonds is 4. The molecule has 0 aliphatic rings. The molecule has 0 fully saturated rings. The van der Waals surface area contributed by atoms with Crippen LogP contribution in [0.2, 0.25) is 0 Å². The monoisotopic (exact) mass is 295 g/mol. The van der Waals surface area contributed by atoms with Crippen molar-refractivity contribution in [3.05, 3.63) is 71.3 Å². The summed E-state index contributed by atoms with van der Waals surface area (Å²) < 4.78 is 5.07. The van der Waals surface area contributed by atoms with Gasteiger partial charge in [0.05, 0.1) is 13.2 Å². The summed E-state index contributed by atoms with van der Waals surface area (Å²) in [6, 6.07) is 16.8. The Kier molecular flexibility index (Phi) is 6.03. The Morgan fingerprint density at radius 2 is 1.86 bits per heavy atom. The van der Waals surface area contributed by atoms with Gasteiger partial charge in [0, 0.05) is 5.56 Å². The van der Waals surface area contributed by atoms with E-state index < -0.39 is 6.09 Å². The quantitative estimate of drug-likeness (QED) is 0.852. The third-order valence-electron chi connectivity index (χ3n) is 2.88. The molecule has 0 aliphatic heterocycles. The van der Waals surface area contributed by atoms with Crippen LogP contribution in [0.4, 0.5) is 4.79 Å². The largest absolute Gasteiger partial charge is 0.445 e. The molecule has 0 saturated carbocycles. The molecule has 0 saturated heterocycles. The number of benzene rings is 2. The fraction of sp³-hybridized carbons (Fsp3) is 0.167. The second-order valence-electron chi connectivity index (χ2n) is 4.58. The molecule has 112 valence electrons. The molecular weight excluding hydrogens is 278 g/mol. The zero-order chi connectivity index (χ0) is 15.6. The molecule has 0 unspecified atom stereocenters. The van der Waals surface area contributed by atoms with Crippen molar-refractivity contribution in [1.29, 1.82) is 0 Å². The van der Waals surface area contributed by atoms with E-state index in [4.69, 9.17) is 9.84 Å². The lowest BCUT2D eigenvalue weighted by Crippen LogP contribution is -2.24. The standard InChI is InChI=1S/C18H17NO3/c20-13-17-9-4-8-15(12-17)10-5-11-19-18(21)22-14-16-6-2-1-3-7-16/h1-4,6-9,12,20H,11,13-14H2,(H,19,21). The fourth-order valence-corrected chi connectivity index (χ4v) is 1.78. The van der Waals surface area contributed by atoms with Gasteiger partial charge in [0.1, 0.15) is 6.61 Å². The average molecular weight is 295 g/mol. The third kappa shape index (κ3) is 5.31. The van der Waals surface area contributed by atoms with Crippen molar-refractivity contribution in [2.45, 2.75) is 13.2 Å². The predicted octanol–water partition coefficient (Wildman–Crippen LogP) is 2.46. The highest BCUT2D eigenvalue weighted by Crippen LogP contribution is 2.03. The minimum Gasteiger partial charge on any atom is -0.445 e. The number of hydrogen-bond acceptors (Lipinski definition) is 3. The molecule has 4 heteroatoms. The van der Waals surface area contributed by atoms with Gasteiger partial charge in [-0.3, -0.25) is 0 Å². The van der Waals surface area contributed by atoms with Crippen LogP contribution < -0.4 is 5.32 Å². The molecule has 2 aromatic carbocycles. The lowest BCUT2D eigenvalue weighted by atomic mass is 10.1. The number of aliphatic hydroxyl groups is 1. The first-order chi connectivity index (χ1) is 10.8. The summed E-state index contributed by atoms with van der Waals surface area (Å²) in [5.74, 6) is 5.76. The molecule has 2 aromatic rings. The van der Waals surface area contributed by atoms with E-state index in [2.05, 4.69) is 17.2 Å². The second kappa shape index (κ2) is 8.50. The summed E-state index contributed by atoms with van der Waals surface area (Å²) in [6.45, 7) is 0.426. The van der Waals surface area contributed by atoms with Crippen molar-refractivity contribution in [3.8, 4) is 11.8 Å². The van der Waals surface area contributed by atoms with E-state index in [9.17, 15) is 4.79 Å². The number of amides is 1. The Morgan fingerprint density at radius 1 is 1.09 bits per heavy atom. The van der Waals surface area contributed by atoms with Crippen molar-refractivity contribution in [3.63, 3.8) is 0 Å². The number of carbonyl (C=O) groups excluding carboxylic acids is 1. The van der Waals surface area contributed by atoms with Gasteiger partial charge < -0.3 is 15.2 Å². The molecule has 0 bridgehead atoms. The van der Waals surface area contributed by atoms with Crippen LogP contribution >= 0.6 is 0 Å². The topological polar surface area (TPSA) is 58.6 Å². The van der Waals surface area contributed by atoms with Crippen LogP contribution in [0.3, 0.4) is 0 Å². The Bertz CT molecular complexity index is 671. The van der Waals surface area contributed by atoms with E-state index in [1.807, 2.05) is 48.5 Å². The van der Waals surface area contributed by atoms with Gasteiger partial charge in [0.2, 0.25) is 0 Å². The third-order valence-corrected chi connectivity index (χ3v) is 2.88. The molecule has 1 amide bonds. The summed E-state index contributed by atoms with van der Waals surface area (Å²) in [7, 11) is 0. The maximum absolute atomic E-state index is 11.5. The smallest absolute Gasteiger partial charge is 0.408 e. The van der Waals surface area contributed by atoms with Gasteiger partial charge in [-0.05, 0) is 23.3 Å². The van der Waals surface area contributed by atoms with Crippen molar-refractivity contribution in [2.24, 2.45) is 0 Å². The van der Waals surface area contributed by atoms with Crippen LogP contribution in [-0.2, 0) is 18.0 Å². The van der Waals surface area contributed by atoms with Gasteiger partial charge in [0.25, 0.3) is 0 Å². The minimum absolute atomic E-state index is 0.0143. The summed E-state index contributed by atoms with van der Waals surface area (Å²) in [4.78, 5) is 11.5. The highest BCUT2D eigenvalue weighted by atomic mass is 16.5. The number of aliphatic hydroxyl groups excluding tert-OH is 1. The van der Waals surface area contributed by atoms with E-state index in [0.717, 1.165) is 16.7 Å². The van der Waals surface area contributed by atoms with Gasteiger partial charge in [-0.25, -0.2) is 4.79 Å². The molecule has 0 spiro atoms. The van der Waals surface area contributed by atoms with Crippen LogP contribution in [0, 0.1) is 11.8 Å². The van der Waals surface area contributed by atoms with Gasteiger partial charge in [0.15, 0.2) is 0 Å². The predicted molar refractivity (Wildman–Crippen MR) is 83.9 cm³/mol. The number of hydrogen-bond donors (Lipinski definition) is 2. The van der Waals surface area contributed by atoms with Crippen molar-refractivity contribution in [2.75, 3.05) is 6.54 Å². The van der Waals surface area contributed by atoms with E-state index in [-0.39, 0.29) is 19.8 Å². The zero-order valence-corrected chi connectivity index (χ0v) is 12.1. The SMILES string of the molecule is O=C(NCC#Cc1cccc(CO)c1)OCc1ccccc1. The van der Waals surface area contributed by atoms with E-state index in [1.165, 1.54) is 0 Å². The van der Waals surface area contributed by atoms with Crippen LogP contribution in [0.5, 0.6) is 0 Å². The molecule has 0 radical (unpaired) electrons. The van der Waals surface area contributed by atoms with Gasteiger partial charge in [-0.1, -0.05) is 54.3 Å². The lowest BCUT2D eigenvalue weighted by Gasteiger charge is -2.04. The van der Waals surface area contributed by atoms with Gasteiger partial charge in [-0.2, -0.15) is 0 Å². The second-order valence-corrected chi connectivity index (χ2v) is 4.58. The first-order valence-electron chi connectivity index (χ1n) is 6.91. The normalized spacial score (nSPS) is 9.50. The molecule has 0 atom stereocenters. The maximum atomic E-state index is 11.5. The number of carbonyl (C=O) groups is 1. The lowest BCUT2D eigenvalue weighted by molar-refractivity contribution is 0.141. The first-order valence-corrected chi connectivity index (χ1v) is 6.91. The van der Waals surface area contributed by atoms with Crippen LogP contribution in [-0.4, -0.2) is 17.7 Å². The van der Waals surface area contributed by atoms with Crippen LogP contribution in [0.1, 0.15) is 16.7 Å². The van der Waals surface area contributed by atoms with Crippen LogP contribution in [0.15, 0.2) is 54.6 Å². The van der Waals surface area contributed by atoms with Gasteiger partial charge in [-0.15, -0.1) is 0 Å². The minimum atomic E-state index is -0.498. The summed E-state index contributed by atoms with van der Waals surface area (Å²) in [5, 5.41) is 11.6. The highest BCUT2D eigenvalue weighted by molar-refractivity contribution is 5.67. The molecule has 0 heterocycles. The van der Waals surface area contributed by atoms with Crippen molar-refractivity contribution >= 4 is 6.09 Å². The average Bonchev–Trinajstić information content (AvgIpc) is 2.58. The molecule has 4 nitrogen and oxygen atoms in total. The summed E-state index contributed by atoms with van der Waals surface area (Å²) in [5.41, 5.74) is 2.54. The molecular formula is C18H17NO3. The molecule has 0 aliphatic carbocycles. The fourth-order valence-electron chi connectivity index (χ4n) is 1.78. The van der Waals surface area contributed by atoms with E-state index in [0.29, 0.717) is 0 Å². The first kappa shape index (κ1) is 15.6. The number of nitrogens with one attached hydrogen (secondary N) is 1. The molecule has 2 rings (SSSR count). The summed E-state index contributed by atoms with van der Waals surface area (Å²) in [6.07, 6.45) is -0.498. The Morgan fingerprint density at radius 3 is 2.64 bits per heavy atom. The highest BCUT2D eigenvalue weighted by Gasteiger charge is 2.00. The molecule has 0 aromatic heterocycles. The Labute approximate surface area is 129 Å². The maximum Gasteiger partial charge on any atom is 0.408 e. The van der Waals surface area contributed by atoms with Crippen LogP contribution in [0.25, 0.3) is 0 Å². The molecule has 22 heavy (non-hydrogen) atoms. The Hall–Kier alpha value is -2.77. The van der Waals surface area contributed by atoms with Crippen molar-refractivity contribution in [1.82, 2.24) is 5.32 Å².